The van der Waals surface area contributed by atoms with Gasteiger partial charge in [-0.15, -0.1) is 0 Å². The van der Waals surface area contributed by atoms with Crippen LogP contribution in [-0.2, 0) is 0 Å². The average molecular weight is 158 g/mol. The number of rotatable bonds is 0. The Balaban J connectivity index is 2.55. The van der Waals surface area contributed by atoms with E-state index in [0.29, 0.717) is 0 Å². The Morgan fingerprint density at radius 2 is 1.80 bits per heavy atom. The van der Waals surface area contributed by atoms with E-state index in [0.717, 1.165) is 8.88 Å². The maximum absolute atomic E-state index is 2.34. The maximum Gasteiger partial charge on any atom is 0.0792 e. The smallest absolute Gasteiger partial charge is 0.0792 e. The lowest BCUT2D eigenvalue weighted by atomic mass is 10.1. The summed E-state index contributed by atoms with van der Waals surface area (Å²) in [6.07, 6.45) is 4.27. The second-order valence-electron chi connectivity index (χ2n) is 3.55. The van der Waals surface area contributed by atoms with Crippen molar-refractivity contribution in [3.8, 4) is 0 Å². The molecule has 2 nitrogen and oxygen atoms in total. The van der Waals surface area contributed by atoms with Crippen molar-refractivity contribution in [2.45, 2.75) is 26.3 Å². The van der Waals surface area contributed by atoms with Crippen LogP contribution in [0.3, 0.4) is 0 Å². The van der Waals surface area contributed by atoms with E-state index in [-0.39, 0.29) is 5.54 Å². The highest BCUT2D eigenvalue weighted by Crippen LogP contribution is 2.35. The predicted molar refractivity (Wildman–Crippen MR) is 46.8 cm³/mol. The fraction of sp³-hybridized carbons (Fsp3) is 0.714. The van der Waals surface area contributed by atoms with Crippen LogP contribution >= 0.6 is 8.88 Å². The van der Waals surface area contributed by atoms with Crippen molar-refractivity contribution in [1.29, 1.82) is 0 Å². The highest BCUT2D eigenvalue weighted by Gasteiger charge is 2.21. The third-order valence-corrected chi connectivity index (χ3v) is 2.93. The minimum absolute atomic E-state index is 0.277. The van der Waals surface area contributed by atoms with Crippen LogP contribution in [-0.4, -0.2) is 21.9 Å². The molecule has 0 aromatic rings. The van der Waals surface area contributed by atoms with Gasteiger partial charge in [-0.05, 0) is 20.8 Å². The Morgan fingerprint density at radius 3 is 2.00 bits per heavy atom. The Labute approximate surface area is 64.8 Å². The fourth-order valence-corrected chi connectivity index (χ4v) is 1.68. The van der Waals surface area contributed by atoms with Crippen molar-refractivity contribution in [3.05, 3.63) is 12.4 Å². The molecule has 0 aromatic carbocycles. The normalized spacial score (nSPS) is 21.2. The van der Waals surface area contributed by atoms with Gasteiger partial charge in [0, 0.05) is 25.0 Å². The van der Waals surface area contributed by atoms with Gasteiger partial charge in [0.2, 0.25) is 0 Å². The second-order valence-corrected chi connectivity index (χ2v) is 4.94. The van der Waals surface area contributed by atoms with Crippen molar-refractivity contribution >= 4 is 8.88 Å². The molecule has 1 unspecified atom stereocenters. The zero-order valence-corrected chi connectivity index (χ0v) is 8.05. The van der Waals surface area contributed by atoms with Gasteiger partial charge >= 0.3 is 0 Å². The summed E-state index contributed by atoms with van der Waals surface area (Å²) < 4.78 is 4.54. The molecule has 1 aliphatic rings. The SMILES string of the molecule is CN1C=CN(C(C)(C)C)P1. The average Bonchev–Trinajstić information content (AvgIpc) is 2.11. The van der Waals surface area contributed by atoms with Gasteiger partial charge in [-0.25, -0.2) is 0 Å². The molecule has 0 spiro atoms. The first kappa shape index (κ1) is 7.87. The van der Waals surface area contributed by atoms with Gasteiger partial charge in [0.25, 0.3) is 0 Å². The van der Waals surface area contributed by atoms with Gasteiger partial charge < -0.3 is 9.34 Å². The molecule has 1 aliphatic heterocycles. The maximum atomic E-state index is 2.34. The van der Waals surface area contributed by atoms with Gasteiger partial charge in [-0.3, -0.25) is 0 Å². The predicted octanol–water partition coefficient (Wildman–Crippen LogP) is 2.01. The van der Waals surface area contributed by atoms with Crippen molar-refractivity contribution < 1.29 is 0 Å². The van der Waals surface area contributed by atoms with E-state index in [1.54, 1.807) is 0 Å². The van der Waals surface area contributed by atoms with Crippen LogP contribution in [0.1, 0.15) is 20.8 Å². The monoisotopic (exact) mass is 158 g/mol. The Bertz CT molecular complexity index is 148. The van der Waals surface area contributed by atoms with Crippen LogP contribution < -0.4 is 0 Å². The van der Waals surface area contributed by atoms with Gasteiger partial charge in [0.1, 0.15) is 0 Å². The summed E-state index contributed by atoms with van der Waals surface area (Å²) in [4.78, 5) is 0. The standard InChI is InChI=1S/C7H15N2P/c1-7(2,3)9-6-5-8(4)10-9/h5-6,10H,1-4H3. The van der Waals surface area contributed by atoms with E-state index in [4.69, 9.17) is 0 Å². The summed E-state index contributed by atoms with van der Waals surface area (Å²) in [7, 11) is 2.88. The first-order valence-electron chi connectivity index (χ1n) is 3.47. The fourth-order valence-electron chi connectivity index (χ4n) is 0.777. The van der Waals surface area contributed by atoms with Gasteiger partial charge in [-0.1, -0.05) is 0 Å². The molecule has 0 aliphatic carbocycles. The summed E-state index contributed by atoms with van der Waals surface area (Å²) in [5.74, 6) is 0. The lowest BCUT2D eigenvalue weighted by Crippen LogP contribution is -2.29. The summed E-state index contributed by atoms with van der Waals surface area (Å²) >= 11 is 0. The highest BCUT2D eigenvalue weighted by molar-refractivity contribution is 7.33. The molecule has 0 aromatic heterocycles. The molecule has 1 atom stereocenters. The topological polar surface area (TPSA) is 6.48 Å². The molecular weight excluding hydrogens is 143 g/mol. The summed E-state index contributed by atoms with van der Waals surface area (Å²) in [5, 5.41) is 0. The zero-order valence-electron chi connectivity index (χ0n) is 7.05. The lowest BCUT2D eigenvalue weighted by Gasteiger charge is -2.31. The molecule has 10 heavy (non-hydrogen) atoms. The largest absolute Gasteiger partial charge is 0.344 e. The molecule has 3 heteroatoms. The zero-order chi connectivity index (χ0) is 7.78. The Kier molecular flexibility index (Phi) is 1.91. The summed E-state index contributed by atoms with van der Waals surface area (Å²) in [6, 6.07) is 0. The van der Waals surface area contributed by atoms with Crippen molar-refractivity contribution in [3.63, 3.8) is 0 Å². The molecule has 58 valence electrons. The third kappa shape index (κ3) is 1.63. The van der Waals surface area contributed by atoms with Crippen LogP contribution in [0.5, 0.6) is 0 Å². The van der Waals surface area contributed by atoms with E-state index in [1.807, 2.05) is 0 Å². The first-order valence-corrected chi connectivity index (χ1v) is 4.36. The minimum Gasteiger partial charge on any atom is -0.344 e. The highest BCUT2D eigenvalue weighted by atomic mass is 31.1. The van der Waals surface area contributed by atoms with E-state index >= 15 is 0 Å². The van der Waals surface area contributed by atoms with E-state index < -0.39 is 0 Å². The van der Waals surface area contributed by atoms with Crippen LogP contribution in [0, 0.1) is 0 Å². The van der Waals surface area contributed by atoms with E-state index in [9.17, 15) is 0 Å². The van der Waals surface area contributed by atoms with Gasteiger partial charge in [0.15, 0.2) is 0 Å². The summed E-state index contributed by atoms with van der Waals surface area (Å²) in [5.41, 5.74) is 0.277. The van der Waals surface area contributed by atoms with Crippen molar-refractivity contribution in [2.24, 2.45) is 0 Å². The molecule has 0 fully saturated rings. The lowest BCUT2D eigenvalue weighted by molar-refractivity contribution is 0.345. The molecule has 0 N–H and O–H groups in total. The number of nitrogens with zero attached hydrogens (tertiary/aromatic N) is 2. The third-order valence-electron chi connectivity index (χ3n) is 1.43. The molecule has 0 amide bonds. The Hall–Kier alpha value is -0.230. The Morgan fingerprint density at radius 1 is 1.20 bits per heavy atom. The molecule has 0 radical (unpaired) electrons. The first-order chi connectivity index (χ1) is 4.50. The van der Waals surface area contributed by atoms with Crippen LogP contribution in [0.25, 0.3) is 0 Å². The molecule has 1 heterocycles. The van der Waals surface area contributed by atoms with Crippen molar-refractivity contribution in [1.82, 2.24) is 9.34 Å². The molecule has 0 bridgehead atoms. The van der Waals surface area contributed by atoms with Crippen molar-refractivity contribution in [2.75, 3.05) is 7.05 Å². The van der Waals surface area contributed by atoms with E-state index in [1.165, 1.54) is 0 Å². The van der Waals surface area contributed by atoms with Crippen LogP contribution in [0.2, 0.25) is 0 Å². The van der Waals surface area contributed by atoms with Crippen LogP contribution in [0.4, 0.5) is 0 Å². The molecule has 0 saturated carbocycles. The van der Waals surface area contributed by atoms with Gasteiger partial charge in [0.05, 0.1) is 8.88 Å². The second kappa shape index (κ2) is 2.43. The molecule has 0 saturated heterocycles. The van der Waals surface area contributed by atoms with Gasteiger partial charge in [-0.2, -0.15) is 0 Å². The molecule has 1 rings (SSSR count). The summed E-state index contributed by atoms with van der Waals surface area (Å²) in [6.45, 7) is 6.68. The number of hydrogen-bond acceptors (Lipinski definition) is 2. The quantitative estimate of drug-likeness (QED) is 0.497. The van der Waals surface area contributed by atoms with E-state index in [2.05, 4.69) is 49.6 Å². The minimum atomic E-state index is 0.277. The van der Waals surface area contributed by atoms with Crippen LogP contribution in [0.15, 0.2) is 12.4 Å². The number of hydrogen-bond donors (Lipinski definition) is 0. The molecular formula is C7H15N2P.